The average Bonchev–Trinajstić information content (AvgIpc) is 3.33. The second-order valence-electron chi connectivity index (χ2n) is 6.12. The summed E-state index contributed by atoms with van der Waals surface area (Å²) >= 11 is 5.08. The molecule has 0 radical (unpaired) electrons. The molecule has 132 valence electrons. The smallest absolute Gasteiger partial charge is 0.172 e. The summed E-state index contributed by atoms with van der Waals surface area (Å²) in [6.07, 6.45) is 6.08. The normalized spacial score (nSPS) is 16.9. The lowest BCUT2D eigenvalue weighted by molar-refractivity contribution is -0.114. The Morgan fingerprint density at radius 1 is 0.960 bits per heavy atom. The predicted octanol–water partition coefficient (Wildman–Crippen LogP) is 6.89. The third kappa shape index (κ3) is 4.33. The minimum atomic E-state index is 0.241. The zero-order chi connectivity index (χ0) is 17.8. The van der Waals surface area contributed by atoms with Gasteiger partial charge in [0.25, 0.3) is 0 Å². The number of thioether (sulfide) groups is 1. The zero-order valence-corrected chi connectivity index (χ0v) is 17.0. The van der Waals surface area contributed by atoms with Crippen molar-refractivity contribution in [2.75, 3.05) is 0 Å². The Hall–Kier alpha value is -1.17. The van der Waals surface area contributed by atoms with Gasteiger partial charge in [-0.25, -0.2) is 0 Å². The maximum atomic E-state index is 12.1. The number of Topliss-reactive ketones (excluding diaryl/α,β-unsaturated/α-hetero) is 2. The fourth-order valence-corrected chi connectivity index (χ4v) is 6.27. The average molecular weight is 391 g/mol. The van der Waals surface area contributed by atoms with E-state index in [1.54, 1.807) is 34.4 Å². The molecule has 1 unspecified atom stereocenters. The van der Waals surface area contributed by atoms with Crippen LogP contribution in [-0.2, 0) is 4.79 Å². The summed E-state index contributed by atoms with van der Waals surface area (Å²) in [5, 5.41) is 0.357. The molecular formula is C20H22O2S3. The van der Waals surface area contributed by atoms with Crippen LogP contribution < -0.4 is 0 Å². The molecule has 0 bridgehead atoms. The molecule has 3 heterocycles. The van der Waals surface area contributed by atoms with E-state index in [-0.39, 0.29) is 11.6 Å². The molecule has 0 spiro atoms. The first kappa shape index (κ1) is 18.6. The molecule has 0 saturated heterocycles. The van der Waals surface area contributed by atoms with Crippen LogP contribution in [0.5, 0.6) is 0 Å². The van der Waals surface area contributed by atoms with Crippen molar-refractivity contribution in [2.24, 2.45) is 0 Å². The quantitative estimate of drug-likeness (QED) is 0.460. The Bertz CT molecular complexity index is 797. The fraction of sp³-hybridized carbons (Fsp3) is 0.400. The van der Waals surface area contributed by atoms with E-state index in [0.29, 0.717) is 18.1 Å². The highest BCUT2D eigenvalue weighted by atomic mass is 32.2. The Balaban J connectivity index is 1.68. The van der Waals surface area contributed by atoms with Crippen molar-refractivity contribution in [3.8, 4) is 9.75 Å². The minimum absolute atomic E-state index is 0.241. The van der Waals surface area contributed by atoms with Gasteiger partial charge in [0.1, 0.15) is 0 Å². The summed E-state index contributed by atoms with van der Waals surface area (Å²) in [4.78, 5) is 29.6. The summed E-state index contributed by atoms with van der Waals surface area (Å²) in [6.45, 7) is 4.08. The Morgan fingerprint density at radius 2 is 1.64 bits per heavy atom. The highest BCUT2D eigenvalue weighted by Crippen LogP contribution is 2.48. The number of rotatable bonds is 8. The molecule has 1 atom stereocenters. The van der Waals surface area contributed by atoms with Gasteiger partial charge in [-0.3, -0.25) is 9.59 Å². The SMILES string of the molecule is CCCC(=O)C1=CCC(c2ccc(-c3ccc(C(=O)CCC)s3)s2)S1. The first-order valence-electron chi connectivity index (χ1n) is 8.75. The Kier molecular flexibility index (Phi) is 6.31. The first-order chi connectivity index (χ1) is 12.1. The molecule has 2 nitrogen and oxygen atoms in total. The van der Waals surface area contributed by atoms with Crippen LogP contribution in [0, 0.1) is 0 Å². The van der Waals surface area contributed by atoms with Crippen molar-refractivity contribution in [1.82, 2.24) is 0 Å². The number of ketones is 2. The Labute approximate surface area is 161 Å². The van der Waals surface area contributed by atoms with E-state index in [4.69, 9.17) is 0 Å². The van der Waals surface area contributed by atoms with Gasteiger partial charge in [0.05, 0.1) is 4.88 Å². The van der Waals surface area contributed by atoms with Crippen molar-refractivity contribution in [1.29, 1.82) is 0 Å². The van der Waals surface area contributed by atoms with Crippen LogP contribution in [0.3, 0.4) is 0 Å². The molecule has 0 amide bonds. The molecule has 5 heteroatoms. The van der Waals surface area contributed by atoms with Gasteiger partial charge in [0.2, 0.25) is 0 Å². The summed E-state index contributed by atoms with van der Waals surface area (Å²) in [6, 6.07) is 8.32. The predicted molar refractivity (Wildman–Crippen MR) is 110 cm³/mol. The number of carbonyl (C=O) groups is 2. The molecule has 0 saturated carbocycles. The number of hydrogen-bond donors (Lipinski definition) is 0. The first-order valence-corrected chi connectivity index (χ1v) is 11.3. The van der Waals surface area contributed by atoms with Gasteiger partial charge in [-0.05, 0) is 43.5 Å². The molecule has 0 aromatic carbocycles. The number of allylic oxidation sites excluding steroid dienone is 2. The second kappa shape index (κ2) is 8.47. The standard InChI is InChI=1S/C20H22O2S3/c1-3-5-13(21)15-7-9-17(23-15)19-11-12-20(25-19)18-10-8-16(24-18)14(22)6-4-2/h7-9,11-12,18H,3-6,10H2,1-2H3. The summed E-state index contributed by atoms with van der Waals surface area (Å²) < 4.78 is 0. The largest absolute Gasteiger partial charge is 0.294 e. The molecule has 1 aliphatic heterocycles. The molecular weight excluding hydrogens is 368 g/mol. The van der Waals surface area contributed by atoms with E-state index in [2.05, 4.69) is 24.3 Å². The minimum Gasteiger partial charge on any atom is -0.294 e. The summed E-state index contributed by atoms with van der Waals surface area (Å²) in [7, 11) is 0. The molecule has 2 aromatic heterocycles. The van der Waals surface area contributed by atoms with E-state index in [1.807, 2.05) is 19.9 Å². The van der Waals surface area contributed by atoms with Gasteiger partial charge in [0.15, 0.2) is 11.6 Å². The van der Waals surface area contributed by atoms with Gasteiger partial charge in [0, 0.05) is 37.6 Å². The van der Waals surface area contributed by atoms with E-state index in [1.165, 1.54) is 9.75 Å². The highest BCUT2D eigenvalue weighted by Gasteiger charge is 2.25. The van der Waals surface area contributed by atoms with E-state index in [0.717, 1.165) is 33.9 Å². The molecule has 0 fully saturated rings. The lowest BCUT2D eigenvalue weighted by Crippen LogP contribution is -1.96. The molecule has 1 aliphatic rings. The molecule has 0 aliphatic carbocycles. The van der Waals surface area contributed by atoms with Crippen LogP contribution in [-0.4, -0.2) is 11.6 Å². The van der Waals surface area contributed by atoms with Gasteiger partial charge in [-0.15, -0.1) is 34.4 Å². The van der Waals surface area contributed by atoms with Gasteiger partial charge in [-0.2, -0.15) is 0 Å². The lowest BCUT2D eigenvalue weighted by Gasteiger charge is -2.06. The second-order valence-corrected chi connectivity index (χ2v) is 9.57. The van der Waals surface area contributed by atoms with Crippen molar-refractivity contribution in [3.05, 3.63) is 45.0 Å². The van der Waals surface area contributed by atoms with Crippen LogP contribution in [0.1, 0.15) is 65.8 Å². The van der Waals surface area contributed by atoms with Crippen molar-refractivity contribution < 1.29 is 9.59 Å². The van der Waals surface area contributed by atoms with Gasteiger partial charge in [-0.1, -0.05) is 19.9 Å². The van der Waals surface area contributed by atoms with Crippen LogP contribution in [0.15, 0.2) is 35.2 Å². The lowest BCUT2D eigenvalue weighted by atomic mass is 10.2. The number of thiophene rings is 2. The topological polar surface area (TPSA) is 34.1 Å². The fourth-order valence-electron chi connectivity index (χ4n) is 2.80. The number of hydrogen-bond acceptors (Lipinski definition) is 5. The van der Waals surface area contributed by atoms with Crippen molar-refractivity contribution in [3.63, 3.8) is 0 Å². The van der Waals surface area contributed by atoms with Crippen molar-refractivity contribution >= 4 is 46.0 Å². The summed E-state index contributed by atoms with van der Waals surface area (Å²) in [5.41, 5.74) is 0. The number of carbonyl (C=O) groups excluding carboxylic acids is 2. The van der Waals surface area contributed by atoms with Crippen LogP contribution in [0.2, 0.25) is 0 Å². The van der Waals surface area contributed by atoms with Crippen LogP contribution in [0.4, 0.5) is 0 Å². The molecule has 2 aromatic rings. The monoisotopic (exact) mass is 390 g/mol. The van der Waals surface area contributed by atoms with E-state index < -0.39 is 0 Å². The Morgan fingerprint density at radius 3 is 2.40 bits per heavy atom. The van der Waals surface area contributed by atoms with Crippen molar-refractivity contribution in [2.45, 2.75) is 51.2 Å². The van der Waals surface area contributed by atoms with Crippen LogP contribution in [0.25, 0.3) is 9.75 Å². The van der Waals surface area contributed by atoms with E-state index >= 15 is 0 Å². The third-order valence-corrected chi connectivity index (χ3v) is 8.13. The maximum Gasteiger partial charge on any atom is 0.172 e. The third-order valence-electron chi connectivity index (χ3n) is 4.08. The van der Waals surface area contributed by atoms with Gasteiger partial charge < -0.3 is 0 Å². The molecule has 3 rings (SSSR count). The molecule has 25 heavy (non-hydrogen) atoms. The highest BCUT2D eigenvalue weighted by molar-refractivity contribution is 8.04. The maximum absolute atomic E-state index is 12.1. The summed E-state index contributed by atoms with van der Waals surface area (Å²) in [5.74, 6) is 0.522. The molecule has 0 N–H and O–H groups in total. The van der Waals surface area contributed by atoms with Crippen LogP contribution >= 0.6 is 34.4 Å². The van der Waals surface area contributed by atoms with Gasteiger partial charge >= 0.3 is 0 Å². The zero-order valence-electron chi connectivity index (χ0n) is 14.5. The van der Waals surface area contributed by atoms with E-state index in [9.17, 15) is 9.59 Å².